The zero-order chi connectivity index (χ0) is 2.00. The van der Waals surface area contributed by atoms with E-state index in [1.165, 1.54) is 0 Å². The summed E-state index contributed by atoms with van der Waals surface area (Å²) in [6.45, 7) is 0. The van der Waals surface area contributed by atoms with Crippen LogP contribution < -0.4 is 0 Å². The maximum atomic E-state index is 8.25. The fourth-order valence-corrected chi connectivity index (χ4v) is 0. The molecule has 0 aromatic carbocycles. The molecular weight excluding hydrogens is 330 g/mol. The third-order valence-corrected chi connectivity index (χ3v) is 0. The Labute approximate surface area is 92.7 Å². The summed E-state index contributed by atoms with van der Waals surface area (Å²) < 4.78 is 8.25. The predicted molar refractivity (Wildman–Crippen MR) is 9.23 cm³/mol. The van der Waals surface area contributed by atoms with E-state index in [1.807, 2.05) is 0 Å². The maximum absolute atomic E-state index is 8.25. The fraction of sp³-hybridized carbons (Fsp3) is 0. The van der Waals surface area contributed by atoms with Gasteiger partial charge in [0.2, 0.25) is 0 Å². The van der Waals surface area contributed by atoms with Gasteiger partial charge in [-0.15, -0.1) is 0 Å². The minimum atomic E-state index is 0. The molecule has 0 aliphatic rings. The van der Waals surface area contributed by atoms with Gasteiger partial charge in [0.25, 0.3) is 0 Å². The van der Waals surface area contributed by atoms with Gasteiger partial charge in [-0.2, -0.15) is 0 Å². The van der Waals surface area contributed by atoms with Crippen molar-refractivity contribution in [1.82, 2.24) is 0 Å². The predicted octanol–water partition coefficient (Wildman–Crippen LogP) is -1.04. The molecule has 0 saturated carbocycles. The Morgan fingerprint density at radius 3 is 1.25 bits per heavy atom. The molecular formula is H2HfOSrTi. The summed E-state index contributed by atoms with van der Waals surface area (Å²) in [5, 5.41) is 0. The molecule has 0 saturated heterocycles. The van der Waals surface area contributed by atoms with Crippen molar-refractivity contribution >= 4 is 45.5 Å². The van der Waals surface area contributed by atoms with Gasteiger partial charge in [0, 0.05) is 25.8 Å². The summed E-state index contributed by atoms with van der Waals surface area (Å²) in [7, 11) is 0. The molecule has 18 valence electrons. The van der Waals surface area contributed by atoms with Gasteiger partial charge in [-0.3, -0.25) is 0 Å². The zero-order valence-corrected chi connectivity index (χ0v) is 6.56. The van der Waals surface area contributed by atoms with Crippen molar-refractivity contribution in [2.24, 2.45) is 0 Å². The van der Waals surface area contributed by atoms with Crippen molar-refractivity contribution in [2.75, 3.05) is 0 Å². The van der Waals surface area contributed by atoms with Crippen molar-refractivity contribution in [1.29, 1.82) is 0 Å². The molecule has 0 spiro atoms. The standard InChI is InChI=1S/Hf.O.Sr.Ti.2H. The van der Waals surface area contributed by atoms with Gasteiger partial charge in [0.15, 0.2) is 0 Å². The Balaban J connectivity index is -0.00000000500. The van der Waals surface area contributed by atoms with Crippen LogP contribution in [0.15, 0.2) is 0 Å². The molecule has 0 radical (unpaired) electrons. The molecule has 1 nitrogen and oxygen atoms in total. The molecule has 0 bridgehead atoms. The van der Waals surface area contributed by atoms with Crippen LogP contribution in [0.2, 0.25) is 0 Å². The van der Waals surface area contributed by atoms with Gasteiger partial charge < -0.3 is 0 Å². The Bertz CT molecular complexity index is 8.00. The molecule has 0 aromatic heterocycles. The number of hydrogen-bond donors (Lipinski definition) is 0. The molecule has 0 N–H and O–H groups in total. The normalized spacial score (nSPS) is 0.750. The molecule has 0 aliphatic heterocycles. The van der Waals surface area contributed by atoms with Crippen LogP contribution in [0.5, 0.6) is 0 Å². The first-order valence-electron chi connectivity index (χ1n) is 0.204. The second kappa shape index (κ2) is 16.9. The van der Waals surface area contributed by atoms with Crippen LogP contribution in [-0.2, 0) is 49.6 Å². The van der Waals surface area contributed by atoms with Crippen LogP contribution in [0.4, 0.5) is 0 Å². The molecule has 0 aromatic rings. The van der Waals surface area contributed by atoms with Crippen molar-refractivity contribution < 1.29 is 49.6 Å². The zero-order valence-electron chi connectivity index (χ0n) is 1.41. The van der Waals surface area contributed by atoms with Gasteiger partial charge >= 0.3 is 69.2 Å². The second-order valence-electron chi connectivity index (χ2n) is 0. The van der Waals surface area contributed by atoms with Crippen LogP contribution in [0.3, 0.4) is 0 Å². The topological polar surface area (TPSA) is 17.1 Å². The average Bonchev–Trinajstić information content (AvgIpc) is 1.00. The Morgan fingerprint density at radius 2 is 1.25 bits per heavy atom. The Hall–Kier alpha value is 2.86. The first-order chi connectivity index (χ1) is 1.00. The van der Waals surface area contributed by atoms with Gasteiger partial charge in [-0.25, -0.2) is 0 Å². The summed E-state index contributed by atoms with van der Waals surface area (Å²) >= 11 is 0.750. The molecule has 0 aliphatic carbocycles. The molecule has 0 rings (SSSR count). The van der Waals surface area contributed by atoms with E-state index in [9.17, 15) is 0 Å². The summed E-state index contributed by atoms with van der Waals surface area (Å²) in [6, 6.07) is 0. The van der Waals surface area contributed by atoms with Crippen molar-refractivity contribution in [3.8, 4) is 0 Å². The van der Waals surface area contributed by atoms with Crippen LogP contribution >= 0.6 is 0 Å². The van der Waals surface area contributed by atoms with Gasteiger partial charge in [0.05, 0.1) is 0 Å². The van der Waals surface area contributed by atoms with Crippen LogP contribution in [0.1, 0.15) is 0 Å². The Kier molecular flexibility index (Phi) is 66.8. The van der Waals surface area contributed by atoms with Crippen molar-refractivity contribution in [3.05, 3.63) is 0 Å². The summed E-state index contributed by atoms with van der Waals surface area (Å²) in [4.78, 5) is 0. The SMILES string of the molecule is [Hf].[O]=[Ti].[SrH2]. The van der Waals surface area contributed by atoms with Gasteiger partial charge in [-0.05, 0) is 0 Å². The van der Waals surface area contributed by atoms with Gasteiger partial charge in [0.1, 0.15) is 0 Å². The summed E-state index contributed by atoms with van der Waals surface area (Å²) in [6.07, 6.45) is 0. The first kappa shape index (κ1) is 15.8. The van der Waals surface area contributed by atoms with E-state index in [1.54, 1.807) is 0 Å². The van der Waals surface area contributed by atoms with E-state index in [-0.39, 0.29) is 71.3 Å². The third-order valence-electron chi connectivity index (χ3n) is 0. The number of rotatable bonds is 0. The molecule has 0 unspecified atom stereocenters. The quantitative estimate of drug-likeness (QED) is 0.518. The van der Waals surface area contributed by atoms with Crippen molar-refractivity contribution in [2.45, 2.75) is 0 Å². The van der Waals surface area contributed by atoms with E-state index in [2.05, 4.69) is 0 Å². The molecule has 0 heterocycles. The fourth-order valence-electron chi connectivity index (χ4n) is 0. The average molecular weight is 332 g/mol. The summed E-state index contributed by atoms with van der Waals surface area (Å²) in [5.74, 6) is 0. The first-order valence-corrected chi connectivity index (χ1v) is 0.842. The minimum absolute atomic E-state index is 0. The van der Waals surface area contributed by atoms with E-state index in [0.29, 0.717) is 0 Å². The third kappa shape index (κ3) is 8.85. The van der Waals surface area contributed by atoms with E-state index in [0.717, 1.165) is 20.4 Å². The Morgan fingerprint density at radius 1 is 1.25 bits per heavy atom. The van der Waals surface area contributed by atoms with E-state index >= 15 is 0 Å². The van der Waals surface area contributed by atoms with Crippen LogP contribution in [0.25, 0.3) is 0 Å². The van der Waals surface area contributed by atoms with E-state index < -0.39 is 0 Å². The number of hydrogen-bond acceptors (Lipinski definition) is 1. The van der Waals surface area contributed by atoms with Gasteiger partial charge in [-0.1, -0.05) is 0 Å². The molecule has 4 heavy (non-hydrogen) atoms. The monoisotopic (exact) mass is 334 g/mol. The molecule has 0 fully saturated rings. The molecule has 0 amide bonds. The van der Waals surface area contributed by atoms with Crippen LogP contribution in [-0.4, -0.2) is 45.5 Å². The van der Waals surface area contributed by atoms with Crippen molar-refractivity contribution in [3.63, 3.8) is 0 Å². The molecule has 4 heteroatoms. The second-order valence-corrected chi connectivity index (χ2v) is 0. The van der Waals surface area contributed by atoms with Crippen LogP contribution in [0, 0.1) is 0 Å². The summed E-state index contributed by atoms with van der Waals surface area (Å²) in [5.41, 5.74) is 0. The molecule has 0 atom stereocenters. The van der Waals surface area contributed by atoms with E-state index in [4.69, 9.17) is 3.32 Å².